The van der Waals surface area contributed by atoms with Gasteiger partial charge >= 0.3 is 6.09 Å². The van der Waals surface area contributed by atoms with Crippen molar-refractivity contribution in [3.63, 3.8) is 0 Å². The second-order valence-electron chi connectivity index (χ2n) is 8.75. The van der Waals surface area contributed by atoms with E-state index < -0.39 is 6.09 Å². The minimum Gasteiger partial charge on any atom is -0.465 e. The minimum absolute atomic E-state index is 0.0428. The molecule has 1 fully saturated rings. The molecular formula is C23H28Cl2N2O2. The van der Waals surface area contributed by atoms with Gasteiger partial charge in [-0.25, -0.2) is 4.79 Å². The highest BCUT2D eigenvalue weighted by atomic mass is 35.5. The molecule has 2 aromatic rings. The van der Waals surface area contributed by atoms with Gasteiger partial charge in [0.05, 0.1) is 10.0 Å². The molecule has 2 atom stereocenters. The van der Waals surface area contributed by atoms with Crippen LogP contribution in [0.4, 0.5) is 10.5 Å². The van der Waals surface area contributed by atoms with E-state index in [0.717, 1.165) is 24.1 Å². The Morgan fingerprint density at radius 3 is 2.41 bits per heavy atom. The average Bonchev–Trinajstić information content (AvgIpc) is 2.68. The molecular weight excluding hydrogens is 407 g/mol. The van der Waals surface area contributed by atoms with Crippen LogP contribution < -0.4 is 4.90 Å². The number of benzene rings is 2. The SMILES string of the molecule is CC(C)(C)C1CC(N(Cc2ccc(Cl)c(Cl)c2)c2ccccc2)CCN1C(=O)O. The van der Waals surface area contributed by atoms with E-state index >= 15 is 0 Å². The van der Waals surface area contributed by atoms with E-state index in [-0.39, 0.29) is 17.5 Å². The lowest BCUT2D eigenvalue weighted by Gasteiger charge is -2.48. The predicted octanol–water partition coefficient (Wildman–Crippen LogP) is 6.56. The molecule has 0 saturated carbocycles. The van der Waals surface area contributed by atoms with Crippen LogP contribution in [0.1, 0.15) is 39.2 Å². The quantitative estimate of drug-likeness (QED) is 0.592. The molecule has 1 amide bonds. The van der Waals surface area contributed by atoms with E-state index in [4.69, 9.17) is 23.2 Å². The number of amides is 1. The molecule has 6 heteroatoms. The zero-order valence-electron chi connectivity index (χ0n) is 17.1. The first-order chi connectivity index (χ1) is 13.7. The lowest BCUT2D eigenvalue weighted by Crippen LogP contribution is -2.56. The van der Waals surface area contributed by atoms with Crippen LogP contribution in [0.5, 0.6) is 0 Å². The highest BCUT2D eigenvalue weighted by Crippen LogP contribution is 2.36. The number of hydrogen-bond acceptors (Lipinski definition) is 2. The van der Waals surface area contributed by atoms with Gasteiger partial charge in [-0.2, -0.15) is 0 Å². The summed E-state index contributed by atoms with van der Waals surface area (Å²) in [4.78, 5) is 15.8. The number of rotatable bonds is 4. The van der Waals surface area contributed by atoms with E-state index in [0.29, 0.717) is 23.1 Å². The van der Waals surface area contributed by atoms with Gasteiger partial charge in [0.15, 0.2) is 0 Å². The Morgan fingerprint density at radius 1 is 1.14 bits per heavy atom. The lowest BCUT2D eigenvalue weighted by atomic mass is 9.78. The number of carboxylic acid groups (broad SMARTS) is 1. The summed E-state index contributed by atoms with van der Waals surface area (Å²) in [6.45, 7) is 7.56. The molecule has 0 bridgehead atoms. The van der Waals surface area contributed by atoms with Gasteiger partial charge < -0.3 is 14.9 Å². The maximum atomic E-state index is 11.8. The van der Waals surface area contributed by atoms with Crippen molar-refractivity contribution in [2.75, 3.05) is 11.4 Å². The summed E-state index contributed by atoms with van der Waals surface area (Å²) < 4.78 is 0. The second-order valence-corrected chi connectivity index (χ2v) is 9.56. The first-order valence-corrected chi connectivity index (χ1v) is 10.7. The maximum Gasteiger partial charge on any atom is 0.407 e. The molecule has 2 aromatic carbocycles. The van der Waals surface area contributed by atoms with Crippen LogP contribution in [-0.2, 0) is 6.54 Å². The number of para-hydroxylation sites is 1. The molecule has 0 spiro atoms. The Kier molecular flexibility index (Phi) is 6.65. The predicted molar refractivity (Wildman–Crippen MR) is 120 cm³/mol. The molecule has 29 heavy (non-hydrogen) atoms. The van der Waals surface area contributed by atoms with Crippen LogP contribution in [0.3, 0.4) is 0 Å². The van der Waals surface area contributed by atoms with Gasteiger partial charge in [-0.05, 0) is 48.1 Å². The molecule has 1 N–H and O–H groups in total. The van der Waals surface area contributed by atoms with Crippen LogP contribution in [0, 0.1) is 5.41 Å². The molecule has 4 nitrogen and oxygen atoms in total. The van der Waals surface area contributed by atoms with Gasteiger partial charge in [0.2, 0.25) is 0 Å². The Bertz CT molecular complexity index is 852. The van der Waals surface area contributed by atoms with Crippen molar-refractivity contribution in [3.05, 3.63) is 64.1 Å². The second kappa shape index (κ2) is 8.85. The van der Waals surface area contributed by atoms with Crippen molar-refractivity contribution < 1.29 is 9.90 Å². The summed E-state index contributed by atoms with van der Waals surface area (Å²) in [6, 6.07) is 16.2. The van der Waals surface area contributed by atoms with Crippen LogP contribution in [0.25, 0.3) is 0 Å². The van der Waals surface area contributed by atoms with Gasteiger partial charge in [-0.1, -0.05) is 68.2 Å². The Morgan fingerprint density at radius 2 is 1.83 bits per heavy atom. The molecule has 1 aliphatic rings. The van der Waals surface area contributed by atoms with Gasteiger partial charge in [-0.15, -0.1) is 0 Å². The third kappa shape index (κ3) is 5.18. The van der Waals surface area contributed by atoms with Gasteiger partial charge in [0, 0.05) is 30.9 Å². The Hall–Kier alpha value is -1.91. The van der Waals surface area contributed by atoms with Gasteiger partial charge in [0.1, 0.15) is 0 Å². The minimum atomic E-state index is -0.834. The molecule has 1 heterocycles. The molecule has 2 unspecified atom stereocenters. The number of carbonyl (C=O) groups is 1. The third-order valence-electron chi connectivity index (χ3n) is 5.69. The molecule has 1 saturated heterocycles. The summed E-state index contributed by atoms with van der Waals surface area (Å²) in [5, 5.41) is 10.8. The number of halogens is 2. The standard InChI is InChI=1S/C23H28Cl2N2O2/c1-23(2,3)21-14-18(11-12-26(21)22(28)29)27(17-7-5-4-6-8-17)15-16-9-10-19(24)20(25)13-16/h4-10,13,18,21H,11-12,14-15H2,1-3H3,(H,28,29). The number of nitrogens with zero attached hydrogens (tertiary/aromatic N) is 2. The number of hydrogen-bond donors (Lipinski definition) is 1. The number of piperidine rings is 1. The first kappa shape index (κ1) is 21.8. The van der Waals surface area contributed by atoms with Crippen molar-refractivity contribution in [2.45, 2.75) is 52.2 Å². The highest BCUT2D eigenvalue weighted by molar-refractivity contribution is 6.42. The zero-order chi connectivity index (χ0) is 21.2. The third-order valence-corrected chi connectivity index (χ3v) is 6.42. The van der Waals surface area contributed by atoms with Crippen LogP contribution in [0.15, 0.2) is 48.5 Å². The maximum absolute atomic E-state index is 11.8. The summed E-state index contributed by atoms with van der Waals surface area (Å²) in [5.41, 5.74) is 2.07. The van der Waals surface area contributed by atoms with Crippen molar-refractivity contribution in [1.29, 1.82) is 0 Å². The lowest BCUT2D eigenvalue weighted by molar-refractivity contribution is 0.0520. The van der Waals surface area contributed by atoms with Crippen molar-refractivity contribution in [2.24, 2.45) is 5.41 Å². The molecule has 0 aromatic heterocycles. The molecule has 1 aliphatic heterocycles. The first-order valence-electron chi connectivity index (χ1n) is 9.92. The van der Waals surface area contributed by atoms with Crippen molar-refractivity contribution >= 4 is 35.0 Å². The van der Waals surface area contributed by atoms with E-state index in [1.54, 1.807) is 4.90 Å². The smallest absolute Gasteiger partial charge is 0.407 e. The Balaban J connectivity index is 1.92. The molecule has 156 valence electrons. The van der Waals surface area contributed by atoms with E-state index in [1.165, 1.54) is 0 Å². The fraction of sp³-hybridized carbons (Fsp3) is 0.435. The van der Waals surface area contributed by atoms with E-state index in [9.17, 15) is 9.90 Å². The fourth-order valence-electron chi connectivity index (χ4n) is 4.17. The largest absolute Gasteiger partial charge is 0.465 e. The molecule has 0 aliphatic carbocycles. The average molecular weight is 435 g/mol. The Labute approximate surface area is 183 Å². The van der Waals surface area contributed by atoms with E-state index in [1.807, 2.05) is 36.4 Å². The summed E-state index contributed by atoms with van der Waals surface area (Å²) >= 11 is 12.3. The zero-order valence-corrected chi connectivity index (χ0v) is 18.6. The van der Waals surface area contributed by atoms with Gasteiger partial charge in [0.25, 0.3) is 0 Å². The van der Waals surface area contributed by atoms with Crippen LogP contribution in [0.2, 0.25) is 10.0 Å². The summed E-state index contributed by atoms with van der Waals surface area (Å²) in [6.07, 6.45) is 0.736. The topological polar surface area (TPSA) is 43.8 Å². The van der Waals surface area contributed by atoms with Gasteiger partial charge in [-0.3, -0.25) is 0 Å². The van der Waals surface area contributed by atoms with Crippen molar-refractivity contribution in [3.8, 4) is 0 Å². The number of anilines is 1. The molecule has 0 radical (unpaired) electrons. The van der Waals surface area contributed by atoms with Crippen molar-refractivity contribution in [1.82, 2.24) is 4.90 Å². The summed E-state index contributed by atoms with van der Waals surface area (Å²) in [7, 11) is 0. The molecule has 3 rings (SSSR count). The van der Waals surface area contributed by atoms with Crippen LogP contribution >= 0.6 is 23.2 Å². The normalized spacial score (nSPS) is 19.8. The van der Waals surface area contributed by atoms with E-state index in [2.05, 4.69) is 37.8 Å². The van der Waals surface area contributed by atoms with Crippen LogP contribution in [-0.4, -0.2) is 34.7 Å². The highest BCUT2D eigenvalue weighted by Gasteiger charge is 2.40. The summed E-state index contributed by atoms with van der Waals surface area (Å²) in [5.74, 6) is 0. The monoisotopic (exact) mass is 434 g/mol. The number of likely N-dealkylation sites (tertiary alicyclic amines) is 1. The fourth-order valence-corrected chi connectivity index (χ4v) is 4.49.